The van der Waals surface area contributed by atoms with Crippen LogP contribution in [0.4, 0.5) is 4.39 Å². The van der Waals surface area contributed by atoms with Gasteiger partial charge in [0.25, 0.3) is 0 Å². The number of aromatic amines is 1. The Morgan fingerprint density at radius 3 is 2.94 bits per heavy atom. The number of imidazole rings is 1. The molecule has 0 aliphatic rings. The van der Waals surface area contributed by atoms with Crippen molar-refractivity contribution in [3.63, 3.8) is 0 Å². The van der Waals surface area contributed by atoms with E-state index in [0.717, 1.165) is 0 Å². The SMILES string of the molecule is O=C(O)CC(c1ncc[nH]1)c1cc(Br)ccc1F. The van der Waals surface area contributed by atoms with Gasteiger partial charge < -0.3 is 10.1 Å². The molecule has 2 N–H and O–H groups in total. The molecule has 0 bridgehead atoms. The van der Waals surface area contributed by atoms with E-state index in [1.54, 1.807) is 18.3 Å². The first-order valence-corrected chi connectivity index (χ1v) is 6.03. The van der Waals surface area contributed by atoms with Gasteiger partial charge in [-0.2, -0.15) is 0 Å². The Morgan fingerprint density at radius 1 is 1.56 bits per heavy atom. The second-order valence-corrected chi connectivity index (χ2v) is 4.71. The number of hydrogen-bond acceptors (Lipinski definition) is 2. The molecule has 2 aromatic rings. The zero-order chi connectivity index (χ0) is 13.1. The lowest BCUT2D eigenvalue weighted by Gasteiger charge is -2.14. The van der Waals surface area contributed by atoms with E-state index >= 15 is 0 Å². The molecule has 0 amide bonds. The van der Waals surface area contributed by atoms with Gasteiger partial charge in [0.05, 0.1) is 12.3 Å². The number of aromatic nitrogens is 2. The molecule has 0 saturated heterocycles. The topological polar surface area (TPSA) is 66.0 Å². The quantitative estimate of drug-likeness (QED) is 0.912. The van der Waals surface area contributed by atoms with Crippen LogP contribution in [0, 0.1) is 5.82 Å². The van der Waals surface area contributed by atoms with Crippen LogP contribution in [0.15, 0.2) is 35.1 Å². The lowest BCUT2D eigenvalue weighted by molar-refractivity contribution is -0.137. The summed E-state index contributed by atoms with van der Waals surface area (Å²) in [5.74, 6) is -1.64. The summed E-state index contributed by atoms with van der Waals surface area (Å²) in [5, 5.41) is 8.93. The van der Waals surface area contributed by atoms with Gasteiger partial charge in [-0.15, -0.1) is 0 Å². The number of H-pyrrole nitrogens is 1. The van der Waals surface area contributed by atoms with E-state index in [2.05, 4.69) is 25.9 Å². The fraction of sp³-hybridized carbons (Fsp3) is 0.167. The van der Waals surface area contributed by atoms with Crippen LogP contribution in [0.5, 0.6) is 0 Å². The van der Waals surface area contributed by atoms with Crippen LogP contribution in [0.1, 0.15) is 23.7 Å². The molecule has 6 heteroatoms. The fourth-order valence-corrected chi connectivity index (χ4v) is 2.16. The smallest absolute Gasteiger partial charge is 0.304 e. The average Bonchev–Trinajstić information content (AvgIpc) is 2.82. The minimum absolute atomic E-state index is 0.221. The number of benzene rings is 1. The van der Waals surface area contributed by atoms with Gasteiger partial charge >= 0.3 is 5.97 Å². The molecule has 1 aromatic carbocycles. The number of carboxylic acids is 1. The van der Waals surface area contributed by atoms with Crippen LogP contribution in [-0.2, 0) is 4.79 Å². The van der Waals surface area contributed by atoms with E-state index in [1.807, 2.05) is 0 Å². The van der Waals surface area contributed by atoms with Crippen molar-refractivity contribution in [3.05, 3.63) is 52.3 Å². The lowest BCUT2D eigenvalue weighted by atomic mass is 9.94. The van der Waals surface area contributed by atoms with Gasteiger partial charge in [-0.1, -0.05) is 15.9 Å². The summed E-state index contributed by atoms with van der Waals surface area (Å²) >= 11 is 3.25. The number of hydrogen-bond donors (Lipinski definition) is 2. The molecule has 4 nitrogen and oxygen atoms in total. The molecule has 18 heavy (non-hydrogen) atoms. The van der Waals surface area contributed by atoms with Crippen molar-refractivity contribution < 1.29 is 14.3 Å². The second kappa shape index (κ2) is 5.30. The van der Waals surface area contributed by atoms with Crippen LogP contribution < -0.4 is 0 Å². The molecule has 1 aromatic heterocycles. The maximum atomic E-state index is 13.8. The number of carboxylic acid groups (broad SMARTS) is 1. The Morgan fingerprint density at radius 2 is 2.33 bits per heavy atom. The molecule has 0 aliphatic carbocycles. The van der Waals surface area contributed by atoms with Crippen LogP contribution in [0.25, 0.3) is 0 Å². The van der Waals surface area contributed by atoms with E-state index in [0.29, 0.717) is 15.9 Å². The standard InChI is InChI=1S/C12H10BrFN2O2/c13-7-1-2-10(14)8(5-7)9(6-11(17)18)12-15-3-4-16-12/h1-5,9H,6H2,(H,15,16)(H,17,18). The van der Waals surface area contributed by atoms with Crippen molar-refractivity contribution >= 4 is 21.9 Å². The first-order valence-electron chi connectivity index (χ1n) is 5.24. The zero-order valence-corrected chi connectivity index (χ0v) is 10.8. The van der Waals surface area contributed by atoms with Gasteiger partial charge in [-0.05, 0) is 18.2 Å². The highest BCUT2D eigenvalue weighted by atomic mass is 79.9. The Hall–Kier alpha value is -1.69. The van der Waals surface area contributed by atoms with Gasteiger partial charge in [-0.3, -0.25) is 4.79 Å². The largest absolute Gasteiger partial charge is 0.481 e. The van der Waals surface area contributed by atoms with E-state index in [1.165, 1.54) is 12.3 Å². The fourth-order valence-electron chi connectivity index (χ4n) is 1.78. The second-order valence-electron chi connectivity index (χ2n) is 3.79. The molecule has 1 atom stereocenters. The van der Waals surface area contributed by atoms with Crippen molar-refractivity contribution in [3.8, 4) is 0 Å². The van der Waals surface area contributed by atoms with Crippen LogP contribution in [0.3, 0.4) is 0 Å². The minimum atomic E-state index is -1.00. The van der Waals surface area contributed by atoms with E-state index < -0.39 is 17.7 Å². The van der Waals surface area contributed by atoms with E-state index in [-0.39, 0.29) is 6.42 Å². The van der Waals surface area contributed by atoms with Gasteiger partial charge in [0, 0.05) is 22.4 Å². The molecular formula is C12H10BrFN2O2. The van der Waals surface area contributed by atoms with E-state index in [4.69, 9.17) is 5.11 Å². The highest BCUT2D eigenvalue weighted by Gasteiger charge is 2.23. The first-order chi connectivity index (χ1) is 8.58. The van der Waals surface area contributed by atoms with E-state index in [9.17, 15) is 9.18 Å². The monoisotopic (exact) mass is 312 g/mol. The number of nitrogens with zero attached hydrogens (tertiary/aromatic N) is 1. The summed E-state index contributed by atoms with van der Waals surface area (Å²) in [4.78, 5) is 17.7. The van der Waals surface area contributed by atoms with Gasteiger partial charge in [-0.25, -0.2) is 9.37 Å². The van der Waals surface area contributed by atoms with Crippen molar-refractivity contribution in [2.45, 2.75) is 12.3 Å². The van der Waals surface area contributed by atoms with Gasteiger partial charge in [0.1, 0.15) is 11.6 Å². The predicted molar refractivity (Wildman–Crippen MR) is 66.8 cm³/mol. The number of carbonyl (C=O) groups is 1. The van der Waals surface area contributed by atoms with Crippen molar-refractivity contribution in [1.29, 1.82) is 0 Å². The van der Waals surface area contributed by atoms with Crippen LogP contribution in [0.2, 0.25) is 0 Å². The minimum Gasteiger partial charge on any atom is -0.481 e. The van der Waals surface area contributed by atoms with Crippen molar-refractivity contribution in [1.82, 2.24) is 9.97 Å². The Labute approximate surface area is 111 Å². The molecule has 1 unspecified atom stereocenters. The van der Waals surface area contributed by atoms with Gasteiger partial charge in [0.2, 0.25) is 0 Å². The van der Waals surface area contributed by atoms with Gasteiger partial charge in [0.15, 0.2) is 0 Å². The third-order valence-corrected chi connectivity index (χ3v) is 3.05. The molecule has 0 radical (unpaired) electrons. The predicted octanol–water partition coefficient (Wildman–Crippen LogP) is 2.92. The third kappa shape index (κ3) is 2.76. The molecular weight excluding hydrogens is 303 g/mol. The summed E-state index contributed by atoms with van der Waals surface area (Å²) in [6.07, 6.45) is 2.88. The molecule has 0 saturated carbocycles. The maximum absolute atomic E-state index is 13.8. The summed E-state index contributed by atoms with van der Waals surface area (Å²) in [6.45, 7) is 0. The Kier molecular flexibility index (Phi) is 3.76. The number of aliphatic carboxylic acids is 1. The first kappa shape index (κ1) is 12.8. The molecule has 0 fully saturated rings. The normalized spacial score (nSPS) is 12.3. The Balaban J connectivity index is 2.46. The average molecular weight is 313 g/mol. The van der Waals surface area contributed by atoms with Crippen LogP contribution >= 0.6 is 15.9 Å². The number of halogens is 2. The highest BCUT2D eigenvalue weighted by molar-refractivity contribution is 9.10. The lowest BCUT2D eigenvalue weighted by Crippen LogP contribution is -2.11. The third-order valence-electron chi connectivity index (χ3n) is 2.56. The summed E-state index contributed by atoms with van der Waals surface area (Å²) < 4.78 is 14.5. The number of nitrogens with one attached hydrogen (secondary N) is 1. The molecule has 94 valence electrons. The van der Waals surface area contributed by atoms with Crippen molar-refractivity contribution in [2.24, 2.45) is 0 Å². The molecule has 0 spiro atoms. The zero-order valence-electron chi connectivity index (χ0n) is 9.23. The highest BCUT2D eigenvalue weighted by Crippen LogP contribution is 2.29. The molecule has 0 aliphatic heterocycles. The number of rotatable bonds is 4. The Bertz CT molecular complexity index is 557. The summed E-state index contributed by atoms with van der Waals surface area (Å²) in [7, 11) is 0. The van der Waals surface area contributed by atoms with Crippen LogP contribution in [-0.4, -0.2) is 21.0 Å². The maximum Gasteiger partial charge on any atom is 0.304 e. The molecule has 2 rings (SSSR count). The molecule has 1 heterocycles. The summed E-state index contributed by atoms with van der Waals surface area (Å²) in [5.41, 5.74) is 0.307. The van der Waals surface area contributed by atoms with Crippen molar-refractivity contribution in [2.75, 3.05) is 0 Å². The summed E-state index contributed by atoms with van der Waals surface area (Å²) in [6, 6.07) is 4.45.